The lowest BCUT2D eigenvalue weighted by Gasteiger charge is -2.20. The van der Waals surface area contributed by atoms with Gasteiger partial charge < -0.3 is 15.5 Å². The van der Waals surface area contributed by atoms with E-state index in [9.17, 15) is 0 Å². The summed E-state index contributed by atoms with van der Waals surface area (Å²) in [5, 5.41) is 11.1. The Morgan fingerprint density at radius 1 is 1.33 bits per heavy atom. The molecule has 0 aliphatic carbocycles. The third kappa shape index (κ3) is 6.67. The molecule has 0 radical (unpaired) electrons. The molecule has 0 spiro atoms. The lowest BCUT2D eigenvalue weighted by atomic mass is 10.2. The molecule has 2 aromatic rings. The van der Waals surface area contributed by atoms with Crippen molar-refractivity contribution in [3.05, 3.63) is 46.7 Å². The Morgan fingerprint density at radius 2 is 2.11 bits per heavy atom. The second-order valence-electron chi connectivity index (χ2n) is 6.59. The van der Waals surface area contributed by atoms with E-state index in [1.807, 2.05) is 24.1 Å². The maximum atomic E-state index is 4.72. The average Bonchev–Trinajstić information content (AvgIpc) is 3.25. The first-order chi connectivity index (χ1) is 12.6. The molecular formula is C19H28BrIN6. The third-order valence-electron chi connectivity index (χ3n) is 4.49. The number of hydrogen-bond donors (Lipinski definition) is 2. The van der Waals surface area contributed by atoms with Gasteiger partial charge in [0.05, 0.1) is 6.20 Å². The summed E-state index contributed by atoms with van der Waals surface area (Å²) in [6.45, 7) is 5.77. The highest BCUT2D eigenvalue weighted by Crippen LogP contribution is 2.22. The SMILES string of the molecule is CCNC(=NCCc1cnn(C)c1)NC1CCN(c2ccc(Br)cc2)C1.I. The summed E-state index contributed by atoms with van der Waals surface area (Å²) < 4.78 is 2.95. The maximum absolute atomic E-state index is 4.72. The first kappa shape index (κ1) is 22.0. The van der Waals surface area contributed by atoms with Gasteiger partial charge in [0, 0.05) is 55.6 Å². The van der Waals surface area contributed by atoms with Crippen LogP contribution in [0.25, 0.3) is 0 Å². The van der Waals surface area contributed by atoms with Gasteiger partial charge in [-0.25, -0.2) is 0 Å². The minimum Gasteiger partial charge on any atom is -0.369 e. The molecule has 0 saturated carbocycles. The molecule has 0 bridgehead atoms. The molecule has 8 heteroatoms. The Kier molecular flexibility index (Phi) is 8.88. The van der Waals surface area contributed by atoms with Crippen LogP contribution in [0, 0.1) is 0 Å². The number of nitrogens with one attached hydrogen (secondary N) is 2. The molecule has 1 aliphatic rings. The Hall–Kier alpha value is -1.29. The van der Waals surface area contributed by atoms with Gasteiger partial charge in [-0.2, -0.15) is 5.10 Å². The van der Waals surface area contributed by atoms with Crippen LogP contribution in [0.3, 0.4) is 0 Å². The van der Waals surface area contributed by atoms with Crippen molar-refractivity contribution in [3.8, 4) is 0 Å². The fourth-order valence-electron chi connectivity index (χ4n) is 3.18. The summed E-state index contributed by atoms with van der Waals surface area (Å²) in [6.07, 6.45) is 5.97. The van der Waals surface area contributed by atoms with E-state index in [-0.39, 0.29) is 24.0 Å². The van der Waals surface area contributed by atoms with Crippen LogP contribution >= 0.6 is 39.9 Å². The quantitative estimate of drug-likeness (QED) is 0.332. The molecule has 1 atom stereocenters. The van der Waals surface area contributed by atoms with Gasteiger partial charge in [-0.05, 0) is 49.6 Å². The van der Waals surface area contributed by atoms with Gasteiger partial charge in [-0.3, -0.25) is 9.67 Å². The standard InChI is InChI=1S/C19H27BrN6.HI/c1-3-21-19(22-10-8-15-12-23-25(2)13-15)24-17-9-11-26(14-17)18-6-4-16(20)5-7-18;/h4-7,12-13,17H,3,8-11,14H2,1-2H3,(H2,21,22,24);1H. The molecule has 2 N–H and O–H groups in total. The van der Waals surface area contributed by atoms with E-state index >= 15 is 0 Å². The van der Waals surface area contributed by atoms with Gasteiger partial charge in [0.1, 0.15) is 0 Å². The molecule has 1 unspecified atom stereocenters. The predicted octanol–water partition coefficient (Wildman–Crippen LogP) is 3.18. The van der Waals surface area contributed by atoms with Crippen LogP contribution < -0.4 is 15.5 Å². The Labute approximate surface area is 187 Å². The first-order valence-electron chi connectivity index (χ1n) is 9.17. The summed E-state index contributed by atoms with van der Waals surface area (Å²) in [5.41, 5.74) is 2.49. The molecule has 2 heterocycles. The smallest absolute Gasteiger partial charge is 0.191 e. The average molecular weight is 547 g/mol. The number of halogens is 2. The zero-order chi connectivity index (χ0) is 18.4. The van der Waals surface area contributed by atoms with E-state index in [0.717, 1.165) is 49.5 Å². The van der Waals surface area contributed by atoms with Crippen molar-refractivity contribution in [1.29, 1.82) is 0 Å². The van der Waals surface area contributed by atoms with Gasteiger partial charge in [-0.15, -0.1) is 24.0 Å². The largest absolute Gasteiger partial charge is 0.369 e. The van der Waals surface area contributed by atoms with E-state index in [2.05, 4.69) is 67.8 Å². The first-order valence-corrected chi connectivity index (χ1v) is 9.96. The number of aliphatic imine (C=N–C) groups is 1. The molecule has 27 heavy (non-hydrogen) atoms. The third-order valence-corrected chi connectivity index (χ3v) is 5.02. The minimum atomic E-state index is 0. The van der Waals surface area contributed by atoms with Crippen LogP contribution in [0.2, 0.25) is 0 Å². The highest BCUT2D eigenvalue weighted by molar-refractivity contribution is 14.0. The van der Waals surface area contributed by atoms with Gasteiger partial charge in [0.2, 0.25) is 0 Å². The zero-order valence-electron chi connectivity index (χ0n) is 15.9. The molecule has 0 amide bonds. The summed E-state index contributed by atoms with van der Waals surface area (Å²) in [5.74, 6) is 0.902. The Bertz CT molecular complexity index is 730. The maximum Gasteiger partial charge on any atom is 0.191 e. The molecular weight excluding hydrogens is 519 g/mol. The fraction of sp³-hybridized carbons (Fsp3) is 0.474. The van der Waals surface area contributed by atoms with E-state index in [0.29, 0.717) is 6.04 Å². The summed E-state index contributed by atoms with van der Waals surface area (Å²) in [4.78, 5) is 7.14. The molecule has 1 fully saturated rings. The van der Waals surface area contributed by atoms with Crippen molar-refractivity contribution in [1.82, 2.24) is 20.4 Å². The second-order valence-corrected chi connectivity index (χ2v) is 7.50. The van der Waals surface area contributed by atoms with E-state index in [1.165, 1.54) is 11.3 Å². The number of guanidine groups is 1. The molecule has 1 aromatic heterocycles. The summed E-state index contributed by atoms with van der Waals surface area (Å²) in [7, 11) is 1.94. The number of aromatic nitrogens is 2. The molecule has 1 saturated heterocycles. The summed E-state index contributed by atoms with van der Waals surface area (Å²) in [6, 6.07) is 8.94. The van der Waals surface area contributed by atoms with Gasteiger partial charge in [0.25, 0.3) is 0 Å². The van der Waals surface area contributed by atoms with Crippen molar-refractivity contribution in [3.63, 3.8) is 0 Å². The highest BCUT2D eigenvalue weighted by Gasteiger charge is 2.23. The van der Waals surface area contributed by atoms with Crippen LogP contribution in [0.5, 0.6) is 0 Å². The Balaban J connectivity index is 0.00000261. The molecule has 1 aliphatic heterocycles. The minimum absolute atomic E-state index is 0. The van der Waals surface area contributed by atoms with Crippen molar-refractivity contribution in [2.45, 2.75) is 25.8 Å². The Morgan fingerprint density at radius 3 is 2.78 bits per heavy atom. The van der Waals surface area contributed by atoms with E-state index in [1.54, 1.807) is 0 Å². The topological polar surface area (TPSA) is 57.5 Å². The van der Waals surface area contributed by atoms with E-state index in [4.69, 9.17) is 4.99 Å². The van der Waals surface area contributed by atoms with Crippen molar-refractivity contribution in [2.75, 3.05) is 31.1 Å². The van der Waals surface area contributed by atoms with Crippen LogP contribution in [-0.2, 0) is 13.5 Å². The number of aryl methyl sites for hydroxylation is 1. The van der Waals surface area contributed by atoms with Crippen LogP contribution in [0.15, 0.2) is 46.1 Å². The number of hydrogen-bond acceptors (Lipinski definition) is 3. The van der Waals surface area contributed by atoms with E-state index < -0.39 is 0 Å². The molecule has 3 rings (SSSR count). The van der Waals surface area contributed by atoms with Gasteiger partial charge in [0.15, 0.2) is 5.96 Å². The van der Waals surface area contributed by atoms with Crippen LogP contribution in [-0.4, -0.2) is 48.0 Å². The molecule has 148 valence electrons. The monoisotopic (exact) mass is 546 g/mol. The fourth-order valence-corrected chi connectivity index (χ4v) is 3.44. The molecule has 1 aromatic carbocycles. The number of rotatable bonds is 6. The number of benzene rings is 1. The lowest BCUT2D eigenvalue weighted by Crippen LogP contribution is -2.44. The number of nitrogens with zero attached hydrogens (tertiary/aromatic N) is 4. The molecule has 6 nitrogen and oxygen atoms in total. The lowest BCUT2D eigenvalue weighted by molar-refractivity contribution is 0.649. The van der Waals surface area contributed by atoms with Crippen LogP contribution in [0.1, 0.15) is 18.9 Å². The highest BCUT2D eigenvalue weighted by atomic mass is 127. The van der Waals surface area contributed by atoms with Crippen LogP contribution in [0.4, 0.5) is 5.69 Å². The number of anilines is 1. The normalized spacial score (nSPS) is 16.9. The zero-order valence-corrected chi connectivity index (χ0v) is 19.8. The predicted molar refractivity (Wildman–Crippen MR) is 126 cm³/mol. The second kappa shape index (κ2) is 10.9. The van der Waals surface area contributed by atoms with Crippen molar-refractivity contribution in [2.24, 2.45) is 12.0 Å². The van der Waals surface area contributed by atoms with Crippen molar-refractivity contribution >= 4 is 51.6 Å². The summed E-state index contributed by atoms with van der Waals surface area (Å²) >= 11 is 3.50. The van der Waals surface area contributed by atoms with Crippen molar-refractivity contribution < 1.29 is 0 Å². The van der Waals surface area contributed by atoms with Gasteiger partial charge in [-0.1, -0.05) is 15.9 Å². The van der Waals surface area contributed by atoms with Gasteiger partial charge >= 0.3 is 0 Å².